The summed E-state index contributed by atoms with van der Waals surface area (Å²) in [7, 11) is 1.59. The number of thioether (sulfide) groups is 1. The number of hydrogen-bond donors (Lipinski definition) is 0. The first-order valence-electron chi connectivity index (χ1n) is 9.04. The molecule has 3 rings (SSSR count). The number of carbonyl (C=O) groups is 2. The van der Waals surface area contributed by atoms with E-state index in [1.807, 2.05) is 54.6 Å². The molecule has 2 aromatic carbocycles. The van der Waals surface area contributed by atoms with Gasteiger partial charge in [-0.2, -0.15) is 0 Å². The van der Waals surface area contributed by atoms with Gasteiger partial charge in [0.15, 0.2) is 22.0 Å². The maximum atomic E-state index is 12.3. The van der Waals surface area contributed by atoms with E-state index in [4.69, 9.17) is 9.47 Å². The lowest BCUT2D eigenvalue weighted by molar-refractivity contribution is -0.144. The van der Waals surface area contributed by atoms with Crippen molar-refractivity contribution in [2.24, 2.45) is 0 Å². The molecule has 1 aromatic heterocycles. The van der Waals surface area contributed by atoms with E-state index in [1.165, 1.54) is 6.92 Å². The van der Waals surface area contributed by atoms with Crippen molar-refractivity contribution >= 4 is 23.5 Å². The van der Waals surface area contributed by atoms with Crippen LogP contribution in [0.4, 0.5) is 0 Å². The van der Waals surface area contributed by atoms with Crippen LogP contribution in [-0.2, 0) is 14.3 Å². The molecule has 0 fully saturated rings. The fourth-order valence-corrected chi connectivity index (χ4v) is 3.71. The van der Waals surface area contributed by atoms with Crippen molar-refractivity contribution in [3.8, 4) is 22.8 Å². The number of benzene rings is 2. The van der Waals surface area contributed by atoms with Gasteiger partial charge in [-0.15, -0.1) is 10.2 Å². The highest BCUT2D eigenvalue weighted by molar-refractivity contribution is 8.01. The molecule has 0 amide bonds. The topological polar surface area (TPSA) is 83.3 Å². The molecule has 150 valence electrons. The summed E-state index contributed by atoms with van der Waals surface area (Å²) >= 11 is 1.02. The summed E-state index contributed by atoms with van der Waals surface area (Å²) in [6, 6.07) is 17.0. The molecule has 0 saturated heterocycles. The summed E-state index contributed by atoms with van der Waals surface area (Å²) in [5, 5.41) is 7.99. The molecule has 8 heteroatoms. The number of ether oxygens (including phenoxy) is 2. The predicted octanol–water partition coefficient (Wildman–Crippen LogP) is 3.56. The quantitative estimate of drug-likeness (QED) is 0.318. The van der Waals surface area contributed by atoms with E-state index in [1.54, 1.807) is 18.6 Å². The van der Waals surface area contributed by atoms with Crippen LogP contribution < -0.4 is 4.74 Å². The van der Waals surface area contributed by atoms with Crippen LogP contribution in [0.2, 0.25) is 0 Å². The monoisotopic (exact) mass is 411 g/mol. The van der Waals surface area contributed by atoms with Gasteiger partial charge in [-0.25, -0.2) is 0 Å². The van der Waals surface area contributed by atoms with Gasteiger partial charge < -0.3 is 9.47 Å². The smallest absolute Gasteiger partial charge is 0.327 e. The van der Waals surface area contributed by atoms with Crippen LogP contribution in [0.5, 0.6) is 5.75 Å². The molecule has 0 spiro atoms. The van der Waals surface area contributed by atoms with Crippen LogP contribution in [-0.4, -0.2) is 45.5 Å². The number of methoxy groups -OCH3 is 1. The van der Waals surface area contributed by atoms with Gasteiger partial charge >= 0.3 is 5.97 Å². The number of rotatable bonds is 8. The zero-order chi connectivity index (χ0) is 20.8. The predicted molar refractivity (Wildman–Crippen MR) is 110 cm³/mol. The molecule has 7 nitrogen and oxygen atoms in total. The van der Waals surface area contributed by atoms with Crippen LogP contribution >= 0.6 is 11.8 Å². The highest BCUT2D eigenvalue weighted by atomic mass is 32.2. The molecule has 0 N–H and O–H groups in total. The standard InChI is InChI=1S/C21H21N3O4S/c1-4-28-20(26)18(14(2)25)29-21-23-22-19(16-12-8-9-13-17(16)27-3)24(21)15-10-6-5-7-11-15/h5-13,18H,4H2,1-3H3. The minimum Gasteiger partial charge on any atom is -0.496 e. The third-order valence-electron chi connectivity index (χ3n) is 4.09. The number of para-hydroxylation sites is 2. The lowest BCUT2D eigenvalue weighted by Crippen LogP contribution is -2.27. The van der Waals surface area contributed by atoms with E-state index in [0.29, 0.717) is 16.7 Å². The van der Waals surface area contributed by atoms with Crippen LogP contribution in [0.1, 0.15) is 13.8 Å². The molecule has 0 bridgehead atoms. The first kappa shape index (κ1) is 20.6. The van der Waals surface area contributed by atoms with Crippen molar-refractivity contribution in [3.63, 3.8) is 0 Å². The van der Waals surface area contributed by atoms with Crippen molar-refractivity contribution in [2.75, 3.05) is 13.7 Å². The Morgan fingerprint density at radius 1 is 1.07 bits per heavy atom. The summed E-state index contributed by atoms with van der Waals surface area (Å²) in [5.41, 5.74) is 1.54. The van der Waals surface area contributed by atoms with Gasteiger partial charge in [0.25, 0.3) is 0 Å². The number of aromatic nitrogens is 3. The number of hydrogen-bond acceptors (Lipinski definition) is 7. The van der Waals surface area contributed by atoms with Crippen molar-refractivity contribution in [2.45, 2.75) is 24.3 Å². The SMILES string of the molecule is CCOC(=O)C(Sc1nnc(-c2ccccc2OC)n1-c1ccccc1)C(C)=O. The molecular formula is C21H21N3O4S. The Labute approximate surface area is 173 Å². The summed E-state index contributed by atoms with van der Waals surface area (Å²) in [5.74, 6) is 0.283. The lowest BCUT2D eigenvalue weighted by Gasteiger charge is -2.15. The zero-order valence-corrected chi connectivity index (χ0v) is 17.2. The number of nitrogens with zero attached hydrogens (tertiary/aromatic N) is 3. The van der Waals surface area contributed by atoms with E-state index in [0.717, 1.165) is 23.0 Å². The molecule has 3 aromatic rings. The first-order valence-corrected chi connectivity index (χ1v) is 9.92. The first-order chi connectivity index (χ1) is 14.1. The van der Waals surface area contributed by atoms with E-state index in [9.17, 15) is 9.59 Å². The van der Waals surface area contributed by atoms with Crippen LogP contribution in [0.3, 0.4) is 0 Å². The van der Waals surface area contributed by atoms with Gasteiger partial charge in [0.2, 0.25) is 0 Å². The molecule has 1 atom stereocenters. The maximum absolute atomic E-state index is 12.3. The Morgan fingerprint density at radius 2 is 1.76 bits per heavy atom. The highest BCUT2D eigenvalue weighted by Gasteiger charge is 2.30. The number of esters is 1. The van der Waals surface area contributed by atoms with E-state index in [-0.39, 0.29) is 12.4 Å². The third kappa shape index (κ3) is 4.48. The Hall–Kier alpha value is -3.13. The molecule has 0 aliphatic carbocycles. The van der Waals surface area contributed by atoms with Crippen LogP contribution in [0.25, 0.3) is 17.1 Å². The van der Waals surface area contributed by atoms with Gasteiger partial charge in [-0.3, -0.25) is 14.2 Å². The summed E-state index contributed by atoms with van der Waals surface area (Å²) < 4.78 is 12.3. The Kier molecular flexibility index (Phi) is 6.66. The fraction of sp³-hybridized carbons (Fsp3) is 0.238. The largest absolute Gasteiger partial charge is 0.496 e. The second-order valence-corrected chi connectivity index (χ2v) is 7.11. The number of Topliss-reactive ketones (excluding diaryl/α,β-unsaturated/α-hetero) is 1. The number of carbonyl (C=O) groups excluding carboxylic acids is 2. The van der Waals surface area contributed by atoms with E-state index < -0.39 is 11.2 Å². The molecule has 1 heterocycles. The van der Waals surface area contributed by atoms with Gasteiger partial charge in [-0.1, -0.05) is 42.1 Å². The molecule has 0 aliphatic heterocycles. The third-order valence-corrected chi connectivity index (χ3v) is 5.32. The van der Waals surface area contributed by atoms with E-state index in [2.05, 4.69) is 10.2 Å². The minimum absolute atomic E-state index is 0.195. The molecule has 0 radical (unpaired) electrons. The van der Waals surface area contributed by atoms with Crippen LogP contribution in [0.15, 0.2) is 59.8 Å². The lowest BCUT2D eigenvalue weighted by atomic mass is 10.2. The molecule has 1 unspecified atom stereocenters. The normalized spacial score (nSPS) is 11.7. The average molecular weight is 411 g/mol. The Balaban J connectivity index is 2.12. The van der Waals surface area contributed by atoms with Crippen molar-refractivity contribution in [1.29, 1.82) is 0 Å². The Bertz CT molecular complexity index is 1000. The minimum atomic E-state index is -1.02. The fourth-order valence-electron chi connectivity index (χ4n) is 2.78. The average Bonchev–Trinajstić information content (AvgIpc) is 3.16. The van der Waals surface area contributed by atoms with E-state index >= 15 is 0 Å². The van der Waals surface area contributed by atoms with Crippen molar-refractivity contribution < 1.29 is 19.1 Å². The summed E-state index contributed by atoms with van der Waals surface area (Å²) in [6.45, 7) is 3.26. The second-order valence-electron chi connectivity index (χ2n) is 6.04. The zero-order valence-electron chi connectivity index (χ0n) is 16.4. The summed E-state index contributed by atoms with van der Waals surface area (Å²) in [4.78, 5) is 24.4. The molecule has 0 aliphatic rings. The molecular weight excluding hydrogens is 390 g/mol. The second kappa shape index (κ2) is 9.38. The van der Waals surface area contributed by atoms with Crippen molar-refractivity contribution in [3.05, 3.63) is 54.6 Å². The van der Waals surface area contributed by atoms with Crippen molar-refractivity contribution in [1.82, 2.24) is 14.8 Å². The van der Waals surface area contributed by atoms with Gasteiger partial charge in [-0.05, 0) is 38.1 Å². The highest BCUT2D eigenvalue weighted by Crippen LogP contribution is 2.34. The van der Waals surface area contributed by atoms with Gasteiger partial charge in [0, 0.05) is 5.69 Å². The van der Waals surface area contributed by atoms with Gasteiger partial charge in [0.1, 0.15) is 5.75 Å². The summed E-state index contributed by atoms with van der Waals surface area (Å²) in [6.07, 6.45) is 0. The molecule has 0 saturated carbocycles. The van der Waals surface area contributed by atoms with Crippen LogP contribution in [0, 0.1) is 0 Å². The maximum Gasteiger partial charge on any atom is 0.327 e. The molecule has 29 heavy (non-hydrogen) atoms. The number of ketones is 1. The van der Waals surface area contributed by atoms with Gasteiger partial charge in [0.05, 0.1) is 19.3 Å². The Morgan fingerprint density at radius 3 is 2.41 bits per heavy atom.